The first-order valence-electron chi connectivity index (χ1n) is 6.13. The predicted molar refractivity (Wildman–Crippen MR) is 71.1 cm³/mol. The summed E-state index contributed by atoms with van der Waals surface area (Å²) in [5, 5.41) is 6.16. The normalized spacial score (nSPS) is 19.4. The van der Waals surface area contributed by atoms with Crippen molar-refractivity contribution in [2.75, 3.05) is 32.1 Å². The fourth-order valence-corrected chi connectivity index (χ4v) is 2.04. The summed E-state index contributed by atoms with van der Waals surface area (Å²) in [6.07, 6.45) is 0. The van der Waals surface area contributed by atoms with Gasteiger partial charge in [-0.2, -0.15) is 0 Å². The SMILES string of the molecule is COc1cccc(NC(=O)N2CCNCC2C)c1. The van der Waals surface area contributed by atoms with Gasteiger partial charge in [-0.25, -0.2) is 4.79 Å². The number of benzene rings is 1. The van der Waals surface area contributed by atoms with Crippen molar-refractivity contribution < 1.29 is 9.53 Å². The molecule has 1 saturated heterocycles. The highest BCUT2D eigenvalue weighted by Crippen LogP contribution is 2.17. The second kappa shape index (κ2) is 5.73. The number of hydrogen-bond donors (Lipinski definition) is 2. The van der Waals surface area contributed by atoms with Crippen LogP contribution in [-0.2, 0) is 0 Å². The van der Waals surface area contributed by atoms with Crippen LogP contribution in [-0.4, -0.2) is 43.7 Å². The number of ether oxygens (including phenoxy) is 1. The highest BCUT2D eigenvalue weighted by molar-refractivity contribution is 5.89. The van der Waals surface area contributed by atoms with E-state index in [9.17, 15) is 4.79 Å². The first-order chi connectivity index (χ1) is 8.70. The molecule has 1 aromatic carbocycles. The zero-order chi connectivity index (χ0) is 13.0. The van der Waals surface area contributed by atoms with Crippen molar-refractivity contribution in [1.29, 1.82) is 0 Å². The monoisotopic (exact) mass is 249 g/mol. The van der Waals surface area contributed by atoms with Crippen molar-refractivity contribution in [3.63, 3.8) is 0 Å². The third kappa shape index (κ3) is 2.92. The van der Waals surface area contributed by atoms with E-state index in [-0.39, 0.29) is 12.1 Å². The Kier molecular flexibility index (Phi) is 4.04. The molecule has 1 aromatic rings. The molecular formula is C13H19N3O2. The minimum Gasteiger partial charge on any atom is -0.497 e. The molecule has 2 N–H and O–H groups in total. The summed E-state index contributed by atoms with van der Waals surface area (Å²) >= 11 is 0. The van der Waals surface area contributed by atoms with Gasteiger partial charge in [-0.05, 0) is 19.1 Å². The Labute approximate surface area is 107 Å². The molecule has 1 atom stereocenters. The van der Waals surface area contributed by atoms with Crippen LogP contribution in [0.5, 0.6) is 5.75 Å². The van der Waals surface area contributed by atoms with Gasteiger partial charge in [0.25, 0.3) is 0 Å². The van der Waals surface area contributed by atoms with Gasteiger partial charge in [-0.15, -0.1) is 0 Å². The maximum absolute atomic E-state index is 12.1. The molecule has 5 heteroatoms. The standard InChI is InChI=1S/C13H19N3O2/c1-10-9-14-6-7-16(10)13(17)15-11-4-3-5-12(8-11)18-2/h3-5,8,10,14H,6-7,9H2,1-2H3,(H,15,17). The molecule has 1 aliphatic heterocycles. The lowest BCUT2D eigenvalue weighted by atomic mass is 10.2. The Bertz CT molecular complexity index is 422. The maximum atomic E-state index is 12.1. The summed E-state index contributed by atoms with van der Waals surface area (Å²) in [6.45, 7) is 4.45. The van der Waals surface area contributed by atoms with E-state index in [1.165, 1.54) is 0 Å². The van der Waals surface area contributed by atoms with Gasteiger partial charge >= 0.3 is 6.03 Å². The Morgan fingerprint density at radius 3 is 3.11 bits per heavy atom. The average Bonchev–Trinajstić information content (AvgIpc) is 2.39. The molecule has 1 aliphatic rings. The summed E-state index contributed by atoms with van der Waals surface area (Å²) in [7, 11) is 1.61. The average molecular weight is 249 g/mol. The second-order valence-electron chi connectivity index (χ2n) is 4.41. The van der Waals surface area contributed by atoms with Crippen LogP contribution in [0.1, 0.15) is 6.92 Å². The topological polar surface area (TPSA) is 53.6 Å². The number of nitrogens with zero attached hydrogens (tertiary/aromatic N) is 1. The number of carbonyl (C=O) groups is 1. The van der Waals surface area contributed by atoms with Gasteiger partial charge in [0.1, 0.15) is 5.75 Å². The van der Waals surface area contributed by atoms with Crippen LogP contribution in [0, 0.1) is 0 Å². The molecule has 0 aromatic heterocycles. The van der Waals surface area contributed by atoms with Gasteiger partial charge in [-0.3, -0.25) is 0 Å². The third-order valence-corrected chi connectivity index (χ3v) is 3.08. The molecule has 1 fully saturated rings. The van der Waals surface area contributed by atoms with Crippen molar-refractivity contribution >= 4 is 11.7 Å². The summed E-state index contributed by atoms with van der Waals surface area (Å²) in [6, 6.07) is 7.53. The highest BCUT2D eigenvalue weighted by atomic mass is 16.5. The fourth-order valence-electron chi connectivity index (χ4n) is 2.04. The van der Waals surface area contributed by atoms with E-state index in [1.807, 2.05) is 36.1 Å². The van der Waals surface area contributed by atoms with Gasteiger partial charge in [-0.1, -0.05) is 6.07 Å². The Hall–Kier alpha value is -1.75. The summed E-state index contributed by atoms with van der Waals surface area (Å²) in [5.41, 5.74) is 0.755. The van der Waals surface area contributed by atoms with E-state index in [2.05, 4.69) is 10.6 Å². The van der Waals surface area contributed by atoms with Gasteiger partial charge in [0.05, 0.1) is 7.11 Å². The molecule has 2 rings (SSSR count). The van der Waals surface area contributed by atoms with Crippen LogP contribution < -0.4 is 15.4 Å². The lowest BCUT2D eigenvalue weighted by molar-refractivity contribution is 0.177. The number of carbonyl (C=O) groups excluding carboxylic acids is 1. The summed E-state index contributed by atoms with van der Waals surface area (Å²) < 4.78 is 5.13. The Morgan fingerprint density at radius 2 is 2.39 bits per heavy atom. The zero-order valence-electron chi connectivity index (χ0n) is 10.8. The molecule has 2 amide bonds. The van der Waals surface area contributed by atoms with Gasteiger partial charge in [0, 0.05) is 37.4 Å². The summed E-state index contributed by atoms with van der Waals surface area (Å²) in [5.74, 6) is 0.737. The molecule has 0 radical (unpaired) electrons. The summed E-state index contributed by atoms with van der Waals surface area (Å²) in [4.78, 5) is 14.0. The molecular weight excluding hydrogens is 230 g/mol. The maximum Gasteiger partial charge on any atom is 0.322 e. The number of piperazine rings is 1. The number of rotatable bonds is 2. The van der Waals surface area contributed by atoms with E-state index in [4.69, 9.17) is 4.74 Å². The number of urea groups is 1. The molecule has 0 aliphatic carbocycles. The molecule has 0 spiro atoms. The molecule has 5 nitrogen and oxygen atoms in total. The second-order valence-corrected chi connectivity index (χ2v) is 4.41. The number of anilines is 1. The number of methoxy groups -OCH3 is 1. The van der Waals surface area contributed by atoms with E-state index in [1.54, 1.807) is 7.11 Å². The van der Waals surface area contributed by atoms with Crippen LogP contribution in [0.4, 0.5) is 10.5 Å². The largest absolute Gasteiger partial charge is 0.497 e. The third-order valence-electron chi connectivity index (χ3n) is 3.08. The van der Waals surface area contributed by atoms with Gasteiger partial charge in [0.15, 0.2) is 0 Å². The van der Waals surface area contributed by atoms with Crippen LogP contribution in [0.3, 0.4) is 0 Å². The number of amides is 2. The molecule has 0 bridgehead atoms. The lowest BCUT2D eigenvalue weighted by Gasteiger charge is -2.33. The Morgan fingerprint density at radius 1 is 1.56 bits per heavy atom. The van der Waals surface area contributed by atoms with Gasteiger partial charge in [0.2, 0.25) is 0 Å². The lowest BCUT2D eigenvalue weighted by Crippen LogP contribution is -2.53. The molecule has 0 saturated carbocycles. The zero-order valence-corrected chi connectivity index (χ0v) is 10.8. The quantitative estimate of drug-likeness (QED) is 0.835. The van der Waals surface area contributed by atoms with Crippen LogP contribution in [0.25, 0.3) is 0 Å². The minimum atomic E-state index is -0.0581. The van der Waals surface area contributed by atoms with Crippen molar-refractivity contribution in [3.05, 3.63) is 24.3 Å². The minimum absolute atomic E-state index is 0.0581. The highest BCUT2D eigenvalue weighted by Gasteiger charge is 2.22. The van der Waals surface area contributed by atoms with Crippen LogP contribution in [0.15, 0.2) is 24.3 Å². The van der Waals surface area contributed by atoms with Crippen LogP contribution >= 0.6 is 0 Å². The first-order valence-corrected chi connectivity index (χ1v) is 6.13. The van der Waals surface area contributed by atoms with Crippen molar-refractivity contribution in [2.24, 2.45) is 0 Å². The molecule has 98 valence electrons. The van der Waals surface area contributed by atoms with E-state index < -0.39 is 0 Å². The molecule has 18 heavy (non-hydrogen) atoms. The smallest absolute Gasteiger partial charge is 0.322 e. The van der Waals surface area contributed by atoms with E-state index in [0.717, 1.165) is 31.1 Å². The molecule has 1 heterocycles. The van der Waals surface area contributed by atoms with Crippen molar-refractivity contribution in [3.8, 4) is 5.75 Å². The number of hydrogen-bond acceptors (Lipinski definition) is 3. The van der Waals surface area contributed by atoms with Crippen LogP contribution in [0.2, 0.25) is 0 Å². The van der Waals surface area contributed by atoms with Gasteiger partial charge < -0.3 is 20.3 Å². The number of nitrogens with one attached hydrogen (secondary N) is 2. The fraction of sp³-hybridized carbons (Fsp3) is 0.462. The Balaban J connectivity index is 2.01. The van der Waals surface area contributed by atoms with E-state index >= 15 is 0 Å². The van der Waals surface area contributed by atoms with E-state index in [0.29, 0.717) is 0 Å². The van der Waals surface area contributed by atoms with Crippen molar-refractivity contribution in [1.82, 2.24) is 10.2 Å². The first kappa shape index (κ1) is 12.7. The molecule has 1 unspecified atom stereocenters. The van der Waals surface area contributed by atoms with Crippen molar-refractivity contribution in [2.45, 2.75) is 13.0 Å². The predicted octanol–water partition coefficient (Wildman–Crippen LogP) is 1.52.